The number of amides is 3. The minimum Gasteiger partial charge on any atom is -0.339 e. The van der Waals surface area contributed by atoms with Gasteiger partial charge in [0, 0.05) is 58.8 Å². The molecule has 6 heteroatoms. The topological polar surface area (TPSA) is 55.9 Å². The molecule has 0 radical (unpaired) electrons. The van der Waals surface area contributed by atoms with Crippen molar-refractivity contribution in [3.8, 4) is 0 Å². The molecule has 3 rings (SSSR count). The van der Waals surface area contributed by atoms with Gasteiger partial charge >= 0.3 is 6.03 Å². The number of carbonyl (C=O) groups excluding carboxylic acids is 2. The van der Waals surface area contributed by atoms with Crippen LogP contribution in [0.1, 0.15) is 24.4 Å². The van der Waals surface area contributed by atoms with Gasteiger partial charge in [0.15, 0.2) is 0 Å². The molecule has 1 N–H and O–H groups in total. The monoisotopic (exact) mass is 344 g/mol. The third kappa shape index (κ3) is 4.12. The van der Waals surface area contributed by atoms with Gasteiger partial charge in [-0.1, -0.05) is 30.3 Å². The minimum absolute atomic E-state index is 0.0391. The van der Waals surface area contributed by atoms with Crippen LogP contribution in [0.15, 0.2) is 30.3 Å². The summed E-state index contributed by atoms with van der Waals surface area (Å²) in [5.74, 6) is 0.292. The zero-order valence-corrected chi connectivity index (χ0v) is 15.1. The van der Waals surface area contributed by atoms with Gasteiger partial charge in [0.25, 0.3) is 0 Å². The van der Waals surface area contributed by atoms with Crippen LogP contribution in [0.3, 0.4) is 0 Å². The fourth-order valence-electron chi connectivity index (χ4n) is 3.72. The van der Waals surface area contributed by atoms with E-state index in [1.54, 1.807) is 19.0 Å². The molecule has 0 aliphatic carbocycles. The number of piperazine rings is 1. The standard InChI is InChI=1S/C19H28N4O2/c1-21(2)19(25)22-11-8-16(9-12-22)18(24)23-13-10-20-17(14-23)15-6-4-3-5-7-15/h3-7,16-17,20H,8-14H2,1-2H3/t17-/m1/s1. The maximum atomic E-state index is 12.9. The molecule has 2 saturated heterocycles. The highest BCUT2D eigenvalue weighted by molar-refractivity contribution is 5.80. The van der Waals surface area contributed by atoms with Gasteiger partial charge < -0.3 is 20.0 Å². The summed E-state index contributed by atoms with van der Waals surface area (Å²) in [7, 11) is 3.54. The van der Waals surface area contributed by atoms with E-state index in [2.05, 4.69) is 17.4 Å². The van der Waals surface area contributed by atoms with Gasteiger partial charge in [-0.25, -0.2) is 4.79 Å². The second-order valence-electron chi connectivity index (χ2n) is 7.14. The lowest BCUT2D eigenvalue weighted by atomic mass is 9.94. The Morgan fingerprint density at radius 1 is 1.04 bits per heavy atom. The van der Waals surface area contributed by atoms with Crippen LogP contribution in [0.25, 0.3) is 0 Å². The maximum Gasteiger partial charge on any atom is 0.319 e. The van der Waals surface area contributed by atoms with Crippen LogP contribution in [0.4, 0.5) is 4.79 Å². The molecule has 2 fully saturated rings. The van der Waals surface area contributed by atoms with Gasteiger partial charge in [-0.15, -0.1) is 0 Å². The van der Waals surface area contributed by atoms with Crippen molar-refractivity contribution < 1.29 is 9.59 Å². The Morgan fingerprint density at radius 2 is 1.72 bits per heavy atom. The Morgan fingerprint density at radius 3 is 2.36 bits per heavy atom. The van der Waals surface area contributed by atoms with E-state index >= 15 is 0 Å². The lowest BCUT2D eigenvalue weighted by Gasteiger charge is -2.38. The molecule has 0 saturated carbocycles. The van der Waals surface area contributed by atoms with E-state index in [1.165, 1.54) is 5.56 Å². The highest BCUT2D eigenvalue weighted by Crippen LogP contribution is 2.23. The highest BCUT2D eigenvalue weighted by atomic mass is 16.2. The summed E-state index contributed by atoms with van der Waals surface area (Å²) in [4.78, 5) is 30.4. The van der Waals surface area contributed by atoms with Gasteiger partial charge in [0.2, 0.25) is 5.91 Å². The van der Waals surface area contributed by atoms with E-state index in [0.29, 0.717) is 13.1 Å². The van der Waals surface area contributed by atoms with E-state index in [1.807, 2.05) is 28.0 Å². The van der Waals surface area contributed by atoms with E-state index < -0.39 is 0 Å². The summed E-state index contributed by atoms with van der Waals surface area (Å²) in [6.45, 7) is 3.64. The third-order valence-electron chi connectivity index (χ3n) is 5.19. The van der Waals surface area contributed by atoms with Gasteiger partial charge in [-0.3, -0.25) is 4.79 Å². The van der Waals surface area contributed by atoms with Crippen molar-refractivity contribution >= 4 is 11.9 Å². The van der Waals surface area contributed by atoms with Gasteiger partial charge in [-0.2, -0.15) is 0 Å². The third-order valence-corrected chi connectivity index (χ3v) is 5.19. The van der Waals surface area contributed by atoms with Gasteiger partial charge in [0.05, 0.1) is 0 Å². The van der Waals surface area contributed by atoms with E-state index in [0.717, 1.165) is 32.5 Å². The number of nitrogens with one attached hydrogen (secondary N) is 1. The van der Waals surface area contributed by atoms with Gasteiger partial charge in [0.1, 0.15) is 0 Å². The van der Waals surface area contributed by atoms with Crippen LogP contribution in [0.5, 0.6) is 0 Å². The number of carbonyl (C=O) groups is 2. The normalized spacial score (nSPS) is 21.9. The molecule has 3 amide bonds. The molecule has 1 atom stereocenters. The first-order valence-corrected chi connectivity index (χ1v) is 9.09. The van der Waals surface area contributed by atoms with Crippen LogP contribution in [-0.4, -0.2) is 73.5 Å². The molecule has 2 aliphatic rings. The number of hydrogen-bond donors (Lipinski definition) is 1. The van der Waals surface area contributed by atoms with E-state index in [4.69, 9.17) is 0 Å². The Labute approximate surface area is 149 Å². The molecule has 25 heavy (non-hydrogen) atoms. The number of piperidine rings is 1. The first kappa shape index (κ1) is 17.7. The number of urea groups is 1. The second-order valence-corrected chi connectivity index (χ2v) is 7.14. The van der Waals surface area contributed by atoms with Crippen LogP contribution in [0, 0.1) is 5.92 Å². The molecule has 0 bridgehead atoms. The lowest BCUT2D eigenvalue weighted by Crippen LogP contribution is -2.52. The number of benzene rings is 1. The first-order valence-electron chi connectivity index (χ1n) is 9.09. The van der Waals surface area contributed by atoms with Crippen LogP contribution < -0.4 is 5.32 Å². The second kappa shape index (κ2) is 7.87. The fraction of sp³-hybridized carbons (Fsp3) is 0.579. The predicted molar refractivity (Wildman–Crippen MR) is 97.1 cm³/mol. The molecular formula is C19H28N4O2. The van der Waals surface area contributed by atoms with E-state index in [-0.39, 0.29) is 23.9 Å². The van der Waals surface area contributed by atoms with Crippen molar-refractivity contribution in [1.29, 1.82) is 0 Å². The molecule has 0 spiro atoms. The Bertz CT molecular complexity index is 597. The molecule has 0 aromatic heterocycles. The average molecular weight is 344 g/mol. The van der Waals surface area contributed by atoms with Crippen molar-refractivity contribution in [3.63, 3.8) is 0 Å². The first-order chi connectivity index (χ1) is 12.1. The average Bonchev–Trinajstić information content (AvgIpc) is 2.67. The zero-order valence-electron chi connectivity index (χ0n) is 15.1. The quantitative estimate of drug-likeness (QED) is 0.886. The molecular weight excluding hydrogens is 316 g/mol. The SMILES string of the molecule is CN(C)C(=O)N1CCC(C(=O)N2CCN[C@@H](c3ccccc3)C2)CC1. The molecule has 0 unspecified atom stereocenters. The summed E-state index contributed by atoms with van der Waals surface area (Å²) in [6, 6.07) is 10.5. The Hall–Kier alpha value is -2.08. The Balaban J connectivity index is 1.56. The smallest absolute Gasteiger partial charge is 0.319 e. The summed E-state index contributed by atoms with van der Waals surface area (Å²) in [5, 5.41) is 3.51. The molecule has 2 aliphatic heterocycles. The van der Waals surface area contributed by atoms with Crippen LogP contribution in [-0.2, 0) is 4.79 Å². The fourth-order valence-corrected chi connectivity index (χ4v) is 3.72. The summed E-state index contributed by atoms with van der Waals surface area (Å²) in [6.07, 6.45) is 1.52. The molecule has 1 aromatic rings. The van der Waals surface area contributed by atoms with E-state index in [9.17, 15) is 9.59 Å². The molecule has 6 nitrogen and oxygen atoms in total. The molecule has 1 aromatic carbocycles. The van der Waals surface area contributed by atoms with Crippen LogP contribution >= 0.6 is 0 Å². The van der Waals surface area contributed by atoms with Crippen molar-refractivity contribution in [3.05, 3.63) is 35.9 Å². The maximum absolute atomic E-state index is 12.9. The highest BCUT2D eigenvalue weighted by Gasteiger charge is 2.32. The molecule has 136 valence electrons. The Kier molecular flexibility index (Phi) is 5.58. The van der Waals surface area contributed by atoms with Gasteiger partial charge in [-0.05, 0) is 18.4 Å². The van der Waals surface area contributed by atoms with Crippen molar-refractivity contribution in [2.24, 2.45) is 5.92 Å². The largest absolute Gasteiger partial charge is 0.339 e. The van der Waals surface area contributed by atoms with Crippen molar-refractivity contribution in [2.75, 3.05) is 46.8 Å². The number of nitrogens with zero attached hydrogens (tertiary/aromatic N) is 3. The number of hydrogen-bond acceptors (Lipinski definition) is 3. The summed E-state index contributed by atoms with van der Waals surface area (Å²) >= 11 is 0. The minimum atomic E-state index is 0.0391. The number of likely N-dealkylation sites (tertiary alicyclic amines) is 1. The summed E-state index contributed by atoms with van der Waals surface area (Å²) < 4.78 is 0. The summed E-state index contributed by atoms with van der Waals surface area (Å²) in [5.41, 5.74) is 1.23. The zero-order chi connectivity index (χ0) is 17.8. The van der Waals surface area contributed by atoms with Crippen molar-refractivity contribution in [1.82, 2.24) is 20.0 Å². The predicted octanol–water partition coefficient (Wildman–Crippen LogP) is 1.55. The molecule has 2 heterocycles. The van der Waals surface area contributed by atoms with Crippen LogP contribution in [0.2, 0.25) is 0 Å². The number of rotatable bonds is 2. The van der Waals surface area contributed by atoms with Crippen molar-refractivity contribution in [2.45, 2.75) is 18.9 Å². The lowest BCUT2D eigenvalue weighted by molar-refractivity contribution is -0.138.